The molecule has 1 saturated carbocycles. The van der Waals surface area contributed by atoms with Crippen molar-refractivity contribution in [2.24, 2.45) is 17.8 Å². The van der Waals surface area contributed by atoms with E-state index in [1.807, 2.05) is 0 Å². The summed E-state index contributed by atoms with van der Waals surface area (Å²) in [6.45, 7) is 7.72. The highest BCUT2D eigenvalue weighted by atomic mass is 15.2. The number of nitrogens with one attached hydrogen (secondary N) is 1. The first-order chi connectivity index (χ1) is 7.83. The average molecular weight is 222 g/mol. The Balaban J connectivity index is 1.51. The number of nitrogens with zero attached hydrogens (tertiary/aromatic N) is 1. The number of hydrogen-bond donors (Lipinski definition) is 1. The van der Waals surface area contributed by atoms with E-state index in [2.05, 4.69) is 17.1 Å². The second-order valence-electron chi connectivity index (χ2n) is 6.35. The quantitative estimate of drug-likeness (QED) is 0.770. The molecule has 3 fully saturated rings. The van der Waals surface area contributed by atoms with Crippen molar-refractivity contribution in [3.63, 3.8) is 0 Å². The zero-order valence-electron chi connectivity index (χ0n) is 10.6. The number of rotatable bonds is 2. The molecule has 2 nitrogen and oxygen atoms in total. The van der Waals surface area contributed by atoms with Crippen LogP contribution >= 0.6 is 0 Å². The Hall–Kier alpha value is -0.0800. The van der Waals surface area contributed by atoms with Crippen molar-refractivity contribution >= 4 is 0 Å². The second-order valence-corrected chi connectivity index (χ2v) is 6.35. The summed E-state index contributed by atoms with van der Waals surface area (Å²) in [6, 6.07) is 0.820. The SMILES string of the molecule is CC1CCN(CC2NCC3CCCC32)CC1. The predicted molar refractivity (Wildman–Crippen MR) is 67.5 cm³/mol. The molecule has 3 unspecified atom stereocenters. The third-order valence-corrected chi connectivity index (χ3v) is 5.21. The van der Waals surface area contributed by atoms with Crippen LogP contribution in [0.4, 0.5) is 0 Å². The molecule has 1 N–H and O–H groups in total. The van der Waals surface area contributed by atoms with Crippen molar-refractivity contribution in [1.82, 2.24) is 10.2 Å². The molecule has 0 spiro atoms. The van der Waals surface area contributed by atoms with E-state index in [1.54, 1.807) is 0 Å². The minimum Gasteiger partial charge on any atom is -0.312 e. The third kappa shape index (κ3) is 2.14. The fourth-order valence-electron chi connectivity index (χ4n) is 4.03. The molecule has 2 aliphatic heterocycles. The van der Waals surface area contributed by atoms with Gasteiger partial charge in [0, 0.05) is 12.6 Å². The Bertz CT molecular complexity index is 233. The summed E-state index contributed by atoms with van der Waals surface area (Å²) in [5.74, 6) is 3.00. The molecule has 3 atom stereocenters. The Labute approximate surface area is 99.8 Å². The molecule has 3 aliphatic rings. The van der Waals surface area contributed by atoms with Gasteiger partial charge in [0.05, 0.1) is 0 Å². The molecule has 2 heteroatoms. The van der Waals surface area contributed by atoms with E-state index in [0.717, 1.165) is 23.8 Å². The maximum absolute atomic E-state index is 3.78. The van der Waals surface area contributed by atoms with Gasteiger partial charge < -0.3 is 10.2 Å². The van der Waals surface area contributed by atoms with Gasteiger partial charge in [-0.15, -0.1) is 0 Å². The Morgan fingerprint density at radius 1 is 1.12 bits per heavy atom. The van der Waals surface area contributed by atoms with Crippen LogP contribution in [0.5, 0.6) is 0 Å². The van der Waals surface area contributed by atoms with E-state index >= 15 is 0 Å². The Morgan fingerprint density at radius 2 is 1.94 bits per heavy atom. The molecular formula is C14H26N2. The first-order valence-electron chi connectivity index (χ1n) is 7.28. The fourth-order valence-corrected chi connectivity index (χ4v) is 4.03. The molecule has 0 aromatic rings. The smallest absolute Gasteiger partial charge is 0.0226 e. The van der Waals surface area contributed by atoms with E-state index in [0.29, 0.717) is 0 Å². The first-order valence-corrected chi connectivity index (χ1v) is 7.28. The topological polar surface area (TPSA) is 15.3 Å². The Kier molecular flexibility index (Phi) is 3.21. The van der Waals surface area contributed by atoms with Crippen LogP contribution in [0.15, 0.2) is 0 Å². The molecule has 0 aromatic heterocycles. The summed E-state index contributed by atoms with van der Waals surface area (Å²) in [5.41, 5.74) is 0. The van der Waals surface area contributed by atoms with Crippen molar-refractivity contribution in [2.45, 2.75) is 45.1 Å². The summed E-state index contributed by atoms with van der Waals surface area (Å²) in [4.78, 5) is 2.71. The lowest BCUT2D eigenvalue weighted by atomic mass is 9.92. The van der Waals surface area contributed by atoms with E-state index in [1.165, 1.54) is 58.3 Å². The van der Waals surface area contributed by atoms with Crippen LogP contribution in [0, 0.1) is 17.8 Å². The average Bonchev–Trinajstić information content (AvgIpc) is 2.86. The zero-order valence-corrected chi connectivity index (χ0v) is 10.6. The molecule has 1 aliphatic carbocycles. The number of hydrogen-bond acceptors (Lipinski definition) is 2. The van der Waals surface area contributed by atoms with Gasteiger partial charge in [0.1, 0.15) is 0 Å². The predicted octanol–water partition coefficient (Wildman–Crippen LogP) is 2.11. The van der Waals surface area contributed by atoms with Crippen molar-refractivity contribution in [1.29, 1.82) is 0 Å². The Morgan fingerprint density at radius 3 is 2.75 bits per heavy atom. The number of likely N-dealkylation sites (tertiary alicyclic amines) is 1. The summed E-state index contributed by atoms with van der Waals surface area (Å²) >= 11 is 0. The van der Waals surface area contributed by atoms with Crippen LogP contribution in [0.2, 0.25) is 0 Å². The maximum atomic E-state index is 3.78. The standard InChI is InChI=1S/C14H26N2/c1-11-5-7-16(8-6-11)10-14-13-4-2-3-12(13)9-15-14/h11-15H,2-10H2,1H3. The zero-order chi connectivity index (χ0) is 11.0. The van der Waals surface area contributed by atoms with Gasteiger partial charge in [-0.3, -0.25) is 0 Å². The van der Waals surface area contributed by atoms with Crippen LogP contribution in [0.1, 0.15) is 39.0 Å². The molecule has 16 heavy (non-hydrogen) atoms. The molecular weight excluding hydrogens is 196 g/mol. The molecule has 0 bridgehead atoms. The van der Waals surface area contributed by atoms with Crippen molar-refractivity contribution in [3.05, 3.63) is 0 Å². The van der Waals surface area contributed by atoms with Crippen molar-refractivity contribution in [3.8, 4) is 0 Å². The molecule has 2 heterocycles. The van der Waals surface area contributed by atoms with Crippen LogP contribution < -0.4 is 5.32 Å². The molecule has 0 amide bonds. The lowest BCUT2D eigenvalue weighted by molar-refractivity contribution is 0.167. The molecule has 3 rings (SSSR count). The van der Waals surface area contributed by atoms with Gasteiger partial charge in [0.15, 0.2) is 0 Å². The fraction of sp³-hybridized carbons (Fsp3) is 1.00. The number of piperidine rings is 1. The van der Waals surface area contributed by atoms with Crippen LogP contribution in [-0.2, 0) is 0 Å². The number of fused-ring (bicyclic) bond motifs is 1. The van der Waals surface area contributed by atoms with E-state index in [9.17, 15) is 0 Å². The first kappa shape index (κ1) is 11.0. The lowest BCUT2D eigenvalue weighted by Gasteiger charge is -2.33. The summed E-state index contributed by atoms with van der Waals surface area (Å²) in [6.07, 6.45) is 7.31. The molecule has 92 valence electrons. The highest BCUT2D eigenvalue weighted by Crippen LogP contribution is 2.38. The normalized spacial score (nSPS) is 41.4. The van der Waals surface area contributed by atoms with E-state index in [-0.39, 0.29) is 0 Å². The van der Waals surface area contributed by atoms with Gasteiger partial charge in [-0.05, 0) is 63.1 Å². The van der Waals surface area contributed by atoms with Crippen LogP contribution in [-0.4, -0.2) is 37.1 Å². The second kappa shape index (κ2) is 4.66. The molecule has 0 radical (unpaired) electrons. The van der Waals surface area contributed by atoms with Gasteiger partial charge in [0.2, 0.25) is 0 Å². The molecule has 2 saturated heterocycles. The molecule has 0 aromatic carbocycles. The monoisotopic (exact) mass is 222 g/mol. The third-order valence-electron chi connectivity index (χ3n) is 5.21. The van der Waals surface area contributed by atoms with Gasteiger partial charge in [0.25, 0.3) is 0 Å². The highest BCUT2D eigenvalue weighted by molar-refractivity contribution is 4.95. The largest absolute Gasteiger partial charge is 0.312 e. The lowest BCUT2D eigenvalue weighted by Crippen LogP contribution is -2.43. The van der Waals surface area contributed by atoms with E-state index < -0.39 is 0 Å². The summed E-state index contributed by atoms with van der Waals surface area (Å²) in [7, 11) is 0. The van der Waals surface area contributed by atoms with Gasteiger partial charge in [-0.25, -0.2) is 0 Å². The van der Waals surface area contributed by atoms with Crippen molar-refractivity contribution < 1.29 is 0 Å². The summed E-state index contributed by atoms with van der Waals surface area (Å²) < 4.78 is 0. The minimum atomic E-state index is 0.820. The minimum absolute atomic E-state index is 0.820. The van der Waals surface area contributed by atoms with Gasteiger partial charge >= 0.3 is 0 Å². The summed E-state index contributed by atoms with van der Waals surface area (Å²) in [5, 5.41) is 3.78. The maximum Gasteiger partial charge on any atom is 0.0226 e. The highest BCUT2D eigenvalue weighted by Gasteiger charge is 2.39. The van der Waals surface area contributed by atoms with Crippen LogP contribution in [0.25, 0.3) is 0 Å². The van der Waals surface area contributed by atoms with Gasteiger partial charge in [-0.2, -0.15) is 0 Å². The van der Waals surface area contributed by atoms with E-state index in [4.69, 9.17) is 0 Å². The van der Waals surface area contributed by atoms with Crippen molar-refractivity contribution in [2.75, 3.05) is 26.2 Å². The van der Waals surface area contributed by atoms with Gasteiger partial charge in [-0.1, -0.05) is 13.3 Å². The van der Waals surface area contributed by atoms with Crippen LogP contribution in [0.3, 0.4) is 0 Å².